The molecule has 2 aromatic rings. The molecule has 3 rings (SSSR count). The molecule has 1 aliphatic rings. The van der Waals surface area contributed by atoms with Gasteiger partial charge in [0.05, 0.1) is 6.10 Å². The first-order valence-electron chi connectivity index (χ1n) is 8.62. The third-order valence-electron chi connectivity index (χ3n) is 4.74. The van der Waals surface area contributed by atoms with Gasteiger partial charge in [-0.15, -0.1) is 0 Å². The van der Waals surface area contributed by atoms with Crippen LogP contribution in [0.3, 0.4) is 0 Å². The fourth-order valence-corrected chi connectivity index (χ4v) is 3.80. The summed E-state index contributed by atoms with van der Waals surface area (Å²) in [5, 5.41) is 10.5. The fraction of sp³-hybridized carbons (Fsp3) is 0.350. The largest absolute Gasteiger partial charge is 0.388 e. The van der Waals surface area contributed by atoms with Crippen molar-refractivity contribution in [1.29, 1.82) is 0 Å². The van der Waals surface area contributed by atoms with E-state index in [4.69, 9.17) is 0 Å². The molecule has 6 heteroatoms. The minimum atomic E-state index is -2.47. The lowest BCUT2D eigenvalue weighted by atomic mass is 9.87. The van der Waals surface area contributed by atoms with Gasteiger partial charge in [0.2, 0.25) is 0 Å². The maximum Gasteiger partial charge on any atom is 0.288 e. The normalized spacial score (nSPS) is 16.7. The highest BCUT2D eigenvalue weighted by Gasteiger charge is 2.28. The van der Waals surface area contributed by atoms with Crippen LogP contribution < -0.4 is 0 Å². The predicted octanol–water partition coefficient (Wildman–Crippen LogP) is 4.59. The maximum absolute atomic E-state index is 12.6. The topological polar surface area (TPSA) is 40.5 Å². The zero-order valence-electron chi connectivity index (χ0n) is 14.2. The van der Waals surface area contributed by atoms with Crippen molar-refractivity contribution < 1.29 is 18.7 Å². The highest BCUT2D eigenvalue weighted by Crippen LogP contribution is 2.31. The van der Waals surface area contributed by atoms with Gasteiger partial charge in [-0.2, -0.15) is 8.78 Å². The van der Waals surface area contributed by atoms with Crippen LogP contribution in [0.5, 0.6) is 0 Å². The van der Waals surface area contributed by atoms with Crippen molar-refractivity contribution in [2.24, 2.45) is 5.92 Å². The summed E-state index contributed by atoms with van der Waals surface area (Å²) in [5.74, 6) is -2.43. The summed E-state index contributed by atoms with van der Waals surface area (Å²) in [6.07, 6.45) is 0.960. The number of aliphatic hydroxyl groups excluding tert-OH is 1. The molecule has 1 N–H and O–H groups in total. The molecule has 1 amide bonds. The van der Waals surface area contributed by atoms with E-state index in [9.17, 15) is 18.7 Å². The number of rotatable bonds is 5. The summed E-state index contributed by atoms with van der Waals surface area (Å²) in [6, 6.07) is 15.9. The molecule has 1 atom stereocenters. The van der Waals surface area contributed by atoms with Crippen LogP contribution in [0.4, 0.5) is 8.78 Å². The Morgan fingerprint density at radius 1 is 1.04 bits per heavy atom. The Morgan fingerprint density at radius 2 is 1.65 bits per heavy atom. The number of alkyl halides is 2. The summed E-state index contributed by atoms with van der Waals surface area (Å²) in [4.78, 5) is 14.8. The van der Waals surface area contributed by atoms with Crippen molar-refractivity contribution in [1.82, 2.24) is 4.90 Å². The average Bonchev–Trinajstić information content (AvgIpc) is 2.68. The average molecular weight is 377 g/mol. The van der Waals surface area contributed by atoms with Gasteiger partial charge in [-0.05, 0) is 48.6 Å². The Hall–Kier alpha value is -1.92. The molecular formula is C20H21F2NO2S. The fourth-order valence-electron chi connectivity index (χ4n) is 3.30. The number of hydrogen-bond donors (Lipinski definition) is 1. The van der Waals surface area contributed by atoms with Gasteiger partial charge in [-0.25, -0.2) is 0 Å². The van der Waals surface area contributed by atoms with Crippen molar-refractivity contribution in [2.45, 2.75) is 29.6 Å². The third kappa shape index (κ3) is 4.62. The van der Waals surface area contributed by atoms with Crippen LogP contribution in [0, 0.1) is 5.92 Å². The number of aliphatic hydroxyl groups is 1. The molecule has 3 nitrogen and oxygen atoms in total. The number of thioether (sulfide) groups is 1. The van der Waals surface area contributed by atoms with E-state index in [1.54, 1.807) is 29.2 Å². The van der Waals surface area contributed by atoms with E-state index in [0.717, 1.165) is 18.4 Å². The number of halogens is 2. The molecular weight excluding hydrogens is 356 g/mol. The van der Waals surface area contributed by atoms with Crippen LogP contribution in [0.1, 0.15) is 34.9 Å². The first-order chi connectivity index (χ1) is 12.5. The highest BCUT2D eigenvalue weighted by molar-refractivity contribution is 7.99. The second-order valence-electron chi connectivity index (χ2n) is 6.39. The molecule has 1 unspecified atom stereocenters. The summed E-state index contributed by atoms with van der Waals surface area (Å²) in [6.45, 7) is 1.17. The van der Waals surface area contributed by atoms with E-state index in [-0.39, 0.29) is 11.8 Å². The molecule has 138 valence electrons. The van der Waals surface area contributed by atoms with E-state index in [0.29, 0.717) is 35.3 Å². The molecule has 1 fully saturated rings. The Balaban J connectivity index is 1.56. The first kappa shape index (κ1) is 18.9. The Morgan fingerprint density at radius 3 is 2.23 bits per heavy atom. The lowest BCUT2D eigenvalue weighted by Crippen LogP contribution is -2.39. The molecule has 26 heavy (non-hydrogen) atoms. The molecule has 0 spiro atoms. The number of amides is 1. The van der Waals surface area contributed by atoms with E-state index in [2.05, 4.69) is 0 Å². The van der Waals surface area contributed by atoms with Gasteiger partial charge in [0, 0.05) is 23.5 Å². The van der Waals surface area contributed by atoms with Crippen LogP contribution in [0.15, 0.2) is 59.5 Å². The van der Waals surface area contributed by atoms with Gasteiger partial charge >= 0.3 is 0 Å². The quantitative estimate of drug-likeness (QED) is 0.775. The van der Waals surface area contributed by atoms with Crippen molar-refractivity contribution in [3.63, 3.8) is 0 Å². The molecule has 0 radical (unpaired) electrons. The number of benzene rings is 2. The summed E-state index contributed by atoms with van der Waals surface area (Å²) < 4.78 is 24.7. The smallest absolute Gasteiger partial charge is 0.288 e. The third-order valence-corrected chi connectivity index (χ3v) is 5.46. The Kier molecular flexibility index (Phi) is 6.27. The number of carbonyl (C=O) groups excluding carboxylic acids is 1. The monoisotopic (exact) mass is 377 g/mol. The van der Waals surface area contributed by atoms with Crippen LogP contribution in [-0.2, 0) is 0 Å². The highest BCUT2D eigenvalue weighted by atomic mass is 32.2. The number of carbonyl (C=O) groups is 1. The van der Waals surface area contributed by atoms with Crippen LogP contribution in [-0.4, -0.2) is 34.8 Å². The van der Waals surface area contributed by atoms with Crippen molar-refractivity contribution in [2.75, 3.05) is 13.1 Å². The predicted molar refractivity (Wildman–Crippen MR) is 98.3 cm³/mol. The standard InChI is InChI=1S/C20H21F2NO2S/c21-20(22)26-17-8-6-16(7-9-17)19(25)23-12-10-15(11-13-23)18(24)14-4-2-1-3-5-14/h1-9,15,18,20,24H,10-13H2. The molecule has 0 bridgehead atoms. The van der Waals surface area contributed by atoms with Crippen LogP contribution >= 0.6 is 11.8 Å². The zero-order valence-corrected chi connectivity index (χ0v) is 15.0. The van der Waals surface area contributed by atoms with Crippen molar-refractivity contribution in [3.05, 3.63) is 65.7 Å². The Bertz CT molecular complexity index is 716. The molecule has 0 aromatic heterocycles. The van der Waals surface area contributed by atoms with Gasteiger partial charge in [0.25, 0.3) is 11.7 Å². The SMILES string of the molecule is O=C(c1ccc(SC(F)F)cc1)N1CCC(C(O)c2ccccc2)CC1. The van der Waals surface area contributed by atoms with E-state index >= 15 is 0 Å². The molecule has 1 saturated heterocycles. The van der Waals surface area contributed by atoms with Crippen molar-refractivity contribution >= 4 is 17.7 Å². The van der Waals surface area contributed by atoms with Crippen LogP contribution in [0.25, 0.3) is 0 Å². The van der Waals surface area contributed by atoms with E-state index in [1.807, 2.05) is 30.3 Å². The number of likely N-dealkylation sites (tertiary alicyclic amines) is 1. The summed E-state index contributed by atoms with van der Waals surface area (Å²) >= 11 is 0.470. The minimum Gasteiger partial charge on any atom is -0.388 e. The summed E-state index contributed by atoms with van der Waals surface area (Å²) in [5.41, 5.74) is 1.41. The molecule has 0 aliphatic carbocycles. The molecule has 0 saturated carbocycles. The van der Waals surface area contributed by atoms with Gasteiger partial charge < -0.3 is 10.0 Å². The lowest BCUT2D eigenvalue weighted by molar-refractivity contribution is 0.0462. The Labute approximate surface area is 156 Å². The molecule has 1 heterocycles. The minimum absolute atomic E-state index is 0.0914. The molecule has 1 aliphatic heterocycles. The van der Waals surface area contributed by atoms with Gasteiger partial charge in [-0.1, -0.05) is 42.1 Å². The van der Waals surface area contributed by atoms with Crippen molar-refractivity contribution in [3.8, 4) is 0 Å². The second-order valence-corrected chi connectivity index (χ2v) is 7.45. The van der Waals surface area contributed by atoms with Gasteiger partial charge in [0.15, 0.2) is 0 Å². The van der Waals surface area contributed by atoms with Gasteiger partial charge in [-0.3, -0.25) is 4.79 Å². The van der Waals surface area contributed by atoms with E-state index < -0.39 is 11.9 Å². The maximum atomic E-state index is 12.6. The lowest BCUT2D eigenvalue weighted by Gasteiger charge is -2.34. The van der Waals surface area contributed by atoms with Crippen LogP contribution in [0.2, 0.25) is 0 Å². The number of nitrogens with zero attached hydrogens (tertiary/aromatic N) is 1. The zero-order chi connectivity index (χ0) is 18.5. The number of piperidine rings is 1. The summed E-state index contributed by atoms with van der Waals surface area (Å²) in [7, 11) is 0. The first-order valence-corrected chi connectivity index (χ1v) is 9.49. The number of hydrogen-bond acceptors (Lipinski definition) is 3. The van der Waals surface area contributed by atoms with E-state index in [1.165, 1.54) is 0 Å². The molecule has 2 aromatic carbocycles. The van der Waals surface area contributed by atoms with Gasteiger partial charge in [0.1, 0.15) is 0 Å². The second kappa shape index (κ2) is 8.64.